The number of hydrogen-bond donors (Lipinski definition) is 1. The topological polar surface area (TPSA) is 50.8 Å². The standard InChI is InChI=1S/C14H28N2O3/c1-12(16-6-9-19-10-7-16)11-14(2,3)15-13(17)5-8-18-4/h12H,5-11H2,1-4H3,(H,15,17). The lowest BCUT2D eigenvalue weighted by Crippen LogP contribution is -2.50. The lowest BCUT2D eigenvalue weighted by atomic mass is 9.94. The van der Waals surface area contributed by atoms with Crippen LogP contribution in [0.15, 0.2) is 0 Å². The first-order valence-corrected chi connectivity index (χ1v) is 7.06. The van der Waals surface area contributed by atoms with Crippen LogP contribution in [0.4, 0.5) is 0 Å². The molecule has 1 amide bonds. The van der Waals surface area contributed by atoms with E-state index in [1.54, 1.807) is 7.11 Å². The van der Waals surface area contributed by atoms with E-state index in [1.807, 2.05) is 0 Å². The highest BCUT2D eigenvalue weighted by atomic mass is 16.5. The second kappa shape index (κ2) is 7.82. The summed E-state index contributed by atoms with van der Waals surface area (Å²) < 4.78 is 10.3. The van der Waals surface area contributed by atoms with Gasteiger partial charge in [0.2, 0.25) is 5.91 Å². The van der Waals surface area contributed by atoms with Gasteiger partial charge in [-0.15, -0.1) is 0 Å². The van der Waals surface area contributed by atoms with Gasteiger partial charge in [-0.1, -0.05) is 0 Å². The smallest absolute Gasteiger partial charge is 0.222 e. The highest BCUT2D eigenvalue weighted by Gasteiger charge is 2.26. The molecule has 0 saturated carbocycles. The number of methoxy groups -OCH3 is 1. The molecule has 1 aliphatic rings. The number of ether oxygens (including phenoxy) is 2. The molecule has 1 saturated heterocycles. The van der Waals surface area contributed by atoms with Gasteiger partial charge < -0.3 is 14.8 Å². The van der Waals surface area contributed by atoms with Crippen LogP contribution in [0.3, 0.4) is 0 Å². The van der Waals surface area contributed by atoms with Crippen molar-refractivity contribution in [2.75, 3.05) is 40.0 Å². The van der Waals surface area contributed by atoms with Crippen molar-refractivity contribution >= 4 is 5.91 Å². The molecule has 1 heterocycles. The number of morpholine rings is 1. The molecule has 5 nitrogen and oxygen atoms in total. The molecule has 0 radical (unpaired) electrons. The van der Waals surface area contributed by atoms with Crippen LogP contribution in [-0.4, -0.2) is 62.4 Å². The number of carbonyl (C=O) groups is 1. The maximum Gasteiger partial charge on any atom is 0.222 e. The zero-order chi connectivity index (χ0) is 14.3. The van der Waals surface area contributed by atoms with Gasteiger partial charge in [-0.3, -0.25) is 9.69 Å². The molecule has 1 fully saturated rings. The molecule has 1 aliphatic heterocycles. The van der Waals surface area contributed by atoms with E-state index in [0.717, 1.165) is 32.7 Å². The maximum absolute atomic E-state index is 11.8. The second-order valence-electron chi connectivity index (χ2n) is 5.88. The summed E-state index contributed by atoms with van der Waals surface area (Å²) in [5.41, 5.74) is -0.192. The summed E-state index contributed by atoms with van der Waals surface area (Å²) in [4.78, 5) is 14.2. The van der Waals surface area contributed by atoms with Crippen LogP contribution in [0.2, 0.25) is 0 Å². The van der Waals surface area contributed by atoms with E-state index in [1.165, 1.54) is 0 Å². The average molecular weight is 272 g/mol. The number of hydrogen-bond acceptors (Lipinski definition) is 4. The fourth-order valence-electron chi connectivity index (χ4n) is 2.57. The van der Waals surface area contributed by atoms with E-state index in [2.05, 4.69) is 31.0 Å². The Balaban J connectivity index is 2.37. The molecular weight excluding hydrogens is 244 g/mol. The summed E-state index contributed by atoms with van der Waals surface area (Å²) in [5.74, 6) is 0.0565. The monoisotopic (exact) mass is 272 g/mol. The van der Waals surface area contributed by atoms with Gasteiger partial charge >= 0.3 is 0 Å². The normalized spacial score (nSPS) is 19.2. The molecule has 19 heavy (non-hydrogen) atoms. The van der Waals surface area contributed by atoms with Gasteiger partial charge in [0.15, 0.2) is 0 Å². The van der Waals surface area contributed by atoms with Crippen molar-refractivity contribution in [2.45, 2.75) is 45.2 Å². The lowest BCUT2D eigenvalue weighted by Gasteiger charge is -2.37. The summed E-state index contributed by atoms with van der Waals surface area (Å²) >= 11 is 0. The van der Waals surface area contributed by atoms with Crippen LogP contribution in [-0.2, 0) is 14.3 Å². The molecular formula is C14H28N2O3. The van der Waals surface area contributed by atoms with Crippen molar-refractivity contribution in [3.63, 3.8) is 0 Å². The van der Waals surface area contributed by atoms with Crippen LogP contribution in [0.1, 0.15) is 33.6 Å². The first-order valence-electron chi connectivity index (χ1n) is 7.06. The predicted molar refractivity (Wildman–Crippen MR) is 75.2 cm³/mol. The van der Waals surface area contributed by atoms with Crippen LogP contribution < -0.4 is 5.32 Å². The van der Waals surface area contributed by atoms with E-state index < -0.39 is 0 Å². The summed E-state index contributed by atoms with van der Waals surface area (Å²) in [5, 5.41) is 3.08. The SMILES string of the molecule is COCCC(=O)NC(C)(C)CC(C)N1CCOCC1. The van der Waals surface area contributed by atoms with Gasteiger partial charge in [0.1, 0.15) is 0 Å². The second-order valence-corrected chi connectivity index (χ2v) is 5.88. The maximum atomic E-state index is 11.8. The highest BCUT2D eigenvalue weighted by molar-refractivity contribution is 5.76. The molecule has 5 heteroatoms. The van der Waals surface area contributed by atoms with Crippen molar-refractivity contribution < 1.29 is 14.3 Å². The molecule has 1 N–H and O–H groups in total. The third-order valence-corrected chi connectivity index (χ3v) is 3.49. The van der Waals surface area contributed by atoms with Gasteiger partial charge in [0, 0.05) is 38.2 Å². The van der Waals surface area contributed by atoms with Crippen LogP contribution in [0.5, 0.6) is 0 Å². The molecule has 112 valence electrons. The molecule has 0 aromatic rings. The fourth-order valence-corrected chi connectivity index (χ4v) is 2.57. The molecule has 0 aromatic heterocycles. The van der Waals surface area contributed by atoms with Gasteiger partial charge in [0.25, 0.3) is 0 Å². The minimum Gasteiger partial charge on any atom is -0.384 e. The summed E-state index contributed by atoms with van der Waals surface area (Å²) in [6.07, 6.45) is 1.36. The van der Waals surface area contributed by atoms with Crippen LogP contribution >= 0.6 is 0 Å². The Bertz CT molecular complexity index is 276. The first kappa shape index (κ1) is 16.4. The number of amides is 1. The van der Waals surface area contributed by atoms with Gasteiger partial charge in [-0.25, -0.2) is 0 Å². The van der Waals surface area contributed by atoms with Gasteiger partial charge in [-0.05, 0) is 27.2 Å². The Hall–Kier alpha value is -0.650. The first-order chi connectivity index (χ1) is 8.94. The highest BCUT2D eigenvalue weighted by Crippen LogP contribution is 2.17. The van der Waals surface area contributed by atoms with E-state index in [0.29, 0.717) is 19.1 Å². The van der Waals surface area contributed by atoms with Crippen molar-refractivity contribution in [1.29, 1.82) is 0 Å². The van der Waals surface area contributed by atoms with E-state index in [-0.39, 0.29) is 11.4 Å². The Morgan fingerprint density at radius 2 is 2.05 bits per heavy atom. The van der Waals surface area contributed by atoms with Crippen molar-refractivity contribution in [1.82, 2.24) is 10.2 Å². The van der Waals surface area contributed by atoms with Gasteiger partial charge in [0.05, 0.1) is 19.8 Å². The molecule has 0 aliphatic carbocycles. The predicted octanol–water partition coefficient (Wildman–Crippen LogP) is 1.03. The third-order valence-electron chi connectivity index (χ3n) is 3.49. The molecule has 0 aromatic carbocycles. The largest absolute Gasteiger partial charge is 0.384 e. The number of carbonyl (C=O) groups excluding carboxylic acids is 1. The van der Waals surface area contributed by atoms with Crippen LogP contribution in [0.25, 0.3) is 0 Å². The summed E-state index contributed by atoms with van der Waals surface area (Å²) in [6, 6.07) is 0.446. The molecule has 0 spiro atoms. The zero-order valence-corrected chi connectivity index (χ0v) is 12.7. The van der Waals surface area contributed by atoms with E-state index >= 15 is 0 Å². The molecule has 0 bridgehead atoms. The van der Waals surface area contributed by atoms with Gasteiger partial charge in [-0.2, -0.15) is 0 Å². The number of nitrogens with one attached hydrogen (secondary N) is 1. The Morgan fingerprint density at radius 3 is 2.63 bits per heavy atom. The van der Waals surface area contributed by atoms with Crippen LogP contribution in [0, 0.1) is 0 Å². The quantitative estimate of drug-likeness (QED) is 0.752. The van der Waals surface area contributed by atoms with E-state index in [9.17, 15) is 4.79 Å². The fraction of sp³-hybridized carbons (Fsp3) is 0.929. The minimum atomic E-state index is -0.192. The molecule has 1 atom stereocenters. The van der Waals surface area contributed by atoms with E-state index in [4.69, 9.17) is 9.47 Å². The number of nitrogens with zero attached hydrogens (tertiary/aromatic N) is 1. The summed E-state index contributed by atoms with van der Waals surface area (Å²) in [6.45, 7) is 10.4. The number of rotatable bonds is 7. The third kappa shape index (κ3) is 6.36. The van der Waals surface area contributed by atoms with Crippen molar-refractivity contribution in [3.05, 3.63) is 0 Å². The Morgan fingerprint density at radius 1 is 1.42 bits per heavy atom. The van der Waals surface area contributed by atoms with Crippen molar-refractivity contribution in [2.24, 2.45) is 0 Å². The zero-order valence-electron chi connectivity index (χ0n) is 12.7. The molecule has 1 unspecified atom stereocenters. The minimum absolute atomic E-state index is 0.0565. The molecule has 1 rings (SSSR count). The average Bonchev–Trinajstić information content (AvgIpc) is 2.36. The summed E-state index contributed by atoms with van der Waals surface area (Å²) in [7, 11) is 1.61. The Labute approximate surface area is 116 Å². The Kier molecular flexibility index (Phi) is 6.75. The van der Waals surface area contributed by atoms with Crippen molar-refractivity contribution in [3.8, 4) is 0 Å². The lowest BCUT2D eigenvalue weighted by molar-refractivity contribution is -0.123.